The van der Waals surface area contributed by atoms with Crippen molar-refractivity contribution in [3.63, 3.8) is 0 Å². The highest BCUT2D eigenvalue weighted by atomic mass is 79.9. The number of carbonyl (C=O) groups is 2. The number of hydrogen-bond donors (Lipinski definition) is 1. The molecular weight excluding hydrogens is 352 g/mol. The van der Waals surface area contributed by atoms with E-state index in [0.717, 1.165) is 10.2 Å². The van der Waals surface area contributed by atoms with Gasteiger partial charge in [0.2, 0.25) is 5.91 Å². The van der Waals surface area contributed by atoms with Gasteiger partial charge in [-0.05, 0) is 18.2 Å². The lowest BCUT2D eigenvalue weighted by Gasteiger charge is -2.34. The monoisotopic (exact) mass is 370 g/mol. The standard InChI is InChI=1S/C15H19BrN2O4/c1-21-14(19)10-13-15(20)17-5-6-18(13)7-8-22-12-4-2-3-11(16)9-12/h2-4,9,13H,5-8,10H2,1H3,(H,17,20)/t13-/m0/s1. The van der Waals surface area contributed by atoms with Gasteiger partial charge in [-0.15, -0.1) is 0 Å². The minimum Gasteiger partial charge on any atom is -0.492 e. The van der Waals surface area contributed by atoms with Crippen molar-refractivity contribution in [3.8, 4) is 5.75 Å². The second-order valence-electron chi connectivity index (χ2n) is 4.93. The molecule has 0 aromatic heterocycles. The molecule has 1 heterocycles. The third-order valence-electron chi connectivity index (χ3n) is 3.47. The van der Waals surface area contributed by atoms with Gasteiger partial charge in [0.05, 0.1) is 19.6 Å². The number of ether oxygens (including phenoxy) is 2. The maximum absolute atomic E-state index is 11.9. The van der Waals surface area contributed by atoms with E-state index < -0.39 is 6.04 Å². The van der Waals surface area contributed by atoms with Gasteiger partial charge in [-0.3, -0.25) is 14.5 Å². The van der Waals surface area contributed by atoms with Gasteiger partial charge in [-0.1, -0.05) is 22.0 Å². The van der Waals surface area contributed by atoms with Crippen LogP contribution in [0.3, 0.4) is 0 Å². The average Bonchev–Trinajstić information content (AvgIpc) is 2.50. The van der Waals surface area contributed by atoms with Gasteiger partial charge in [0.25, 0.3) is 0 Å². The third-order valence-corrected chi connectivity index (χ3v) is 3.97. The molecule has 22 heavy (non-hydrogen) atoms. The van der Waals surface area contributed by atoms with Crippen molar-refractivity contribution in [2.24, 2.45) is 0 Å². The second kappa shape index (κ2) is 8.14. The van der Waals surface area contributed by atoms with Crippen LogP contribution < -0.4 is 10.1 Å². The highest BCUT2D eigenvalue weighted by Crippen LogP contribution is 2.18. The first-order valence-electron chi connectivity index (χ1n) is 7.07. The summed E-state index contributed by atoms with van der Waals surface area (Å²) >= 11 is 3.39. The molecule has 1 atom stereocenters. The molecule has 120 valence electrons. The Morgan fingerprint density at radius 1 is 1.50 bits per heavy atom. The number of esters is 1. The molecule has 0 aliphatic carbocycles. The van der Waals surface area contributed by atoms with Gasteiger partial charge in [-0.2, -0.15) is 0 Å². The maximum Gasteiger partial charge on any atom is 0.307 e. The number of methoxy groups -OCH3 is 1. The summed E-state index contributed by atoms with van der Waals surface area (Å²) in [7, 11) is 1.32. The molecule has 0 radical (unpaired) electrons. The molecule has 2 rings (SSSR count). The minimum atomic E-state index is -0.493. The van der Waals surface area contributed by atoms with Crippen LogP contribution >= 0.6 is 15.9 Å². The summed E-state index contributed by atoms with van der Waals surface area (Å²) in [4.78, 5) is 25.3. The molecule has 6 nitrogen and oxygen atoms in total. The van der Waals surface area contributed by atoms with Crippen molar-refractivity contribution in [1.82, 2.24) is 10.2 Å². The van der Waals surface area contributed by atoms with E-state index in [0.29, 0.717) is 26.2 Å². The molecule has 1 saturated heterocycles. The minimum absolute atomic E-state index is 0.0548. The molecule has 0 unspecified atom stereocenters. The number of hydrogen-bond acceptors (Lipinski definition) is 5. The largest absolute Gasteiger partial charge is 0.492 e. The fraction of sp³-hybridized carbons (Fsp3) is 0.467. The number of benzene rings is 1. The van der Waals surface area contributed by atoms with Crippen molar-refractivity contribution >= 4 is 27.8 Å². The van der Waals surface area contributed by atoms with E-state index in [9.17, 15) is 9.59 Å². The second-order valence-corrected chi connectivity index (χ2v) is 5.84. The number of nitrogens with one attached hydrogen (secondary N) is 1. The van der Waals surface area contributed by atoms with E-state index in [-0.39, 0.29) is 18.3 Å². The summed E-state index contributed by atoms with van der Waals surface area (Å²) in [6, 6.07) is 7.09. The molecule has 1 aliphatic heterocycles. The Balaban J connectivity index is 1.88. The molecule has 0 spiro atoms. The first kappa shape index (κ1) is 16.8. The number of nitrogens with zero attached hydrogens (tertiary/aromatic N) is 1. The Morgan fingerprint density at radius 3 is 3.05 bits per heavy atom. The van der Waals surface area contributed by atoms with E-state index in [1.165, 1.54) is 7.11 Å². The van der Waals surface area contributed by atoms with E-state index in [1.54, 1.807) is 0 Å². The Morgan fingerprint density at radius 2 is 2.32 bits per heavy atom. The zero-order valence-corrected chi connectivity index (χ0v) is 14.0. The van der Waals surface area contributed by atoms with Gasteiger partial charge in [0, 0.05) is 24.1 Å². The summed E-state index contributed by atoms with van der Waals surface area (Å²) in [6.45, 7) is 2.28. The summed E-state index contributed by atoms with van der Waals surface area (Å²) in [6.07, 6.45) is 0.0548. The van der Waals surface area contributed by atoms with Gasteiger partial charge < -0.3 is 14.8 Å². The summed E-state index contributed by atoms with van der Waals surface area (Å²) in [5.74, 6) is 0.236. The highest BCUT2D eigenvalue weighted by molar-refractivity contribution is 9.10. The van der Waals surface area contributed by atoms with Crippen LogP contribution in [0.2, 0.25) is 0 Å². The fourth-order valence-electron chi connectivity index (χ4n) is 2.33. The summed E-state index contributed by atoms with van der Waals surface area (Å²) < 4.78 is 11.3. The van der Waals surface area contributed by atoms with Crippen LogP contribution in [-0.2, 0) is 14.3 Å². The Hall–Kier alpha value is -1.60. The van der Waals surface area contributed by atoms with Gasteiger partial charge in [0.1, 0.15) is 12.4 Å². The van der Waals surface area contributed by atoms with E-state index in [2.05, 4.69) is 26.0 Å². The number of piperazine rings is 1. The van der Waals surface area contributed by atoms with Crippen LogP contribution in [0.5, 0.6) is 5.75 Å². The molecule has 1 aromatic rings. The number of amides is 1. The quantitative estimate of drug-likeness (QED) is 0.761. The number of rotatable bonds is 6. The van der Waals surface area contributed by atoms with Gasteiger partial charge >= 0.3 is 5.97 Å². The lowest BCUT2D eigenvalue weighted by Crippen LogP contribution is -2.56. The maximum atomic E-state index is 11.9. The number of halogens is 1. The zero-order valence-electron chi connectivity index (χ0n) is 12.4. The molecule has 1 aliphatic rings. The first-order chi connectivity index (χ1) is 10.6. The van der Waals surface area contributed by atoms with Crippen LogP contribution in [0.1, 0.15) is 6.42 Å². The molecule has 7 heteroatoms. The predicted molar refractivity (Wildman–Crippen MR) is 84.6 cm³/mol. The molecule has 0 saturated carbocycles. The summed E-state index contributed by atoms with van der Waals surface area (Å²) in [5, 5.41) is 2.77. The van der Waals surface area contributed by atoms with Crippen LogP contribution in [0.25, 0.3) is 0 Å². The highest BCUT2D eigenvalue weighted by Gasteiger charge is 2.31. The average molecular weight is 371 g/mol. The third kappa shape index (κ3) is 4.71. The van der Waals surface area contributed by atoms with Crippen molar-refractivity contribution in [2.75, 3.05) is 33.4 Å². The van der Waals surface area contributed by atoms with E-state index in [4.69, 9.17) is 4.74 Å². The molecule has 1 aromatic carbocycles. The van der Waals surface area contributed by atoms with E-state index in [1.807, 2.05) is 29.2 Å². The van der Waals surface area contributed by atoms with Crippen molar-refractivity contribution < 1.29 is 19.1 Å². The van der Waals surface area contributed by atoms with Crippen LogP contribution in [0, 0.1) is 0 Å². The topological polar surface area (TPSA) is 67.9 Å². The molecule has 1 amide bonds. The molecular formula is C15H19BrN2O4. The lowest BCUT2D eigenvalue weighted by molar-refractivity contribution is -0.146. The van der Waals surface area contributed by atoms with Crippen LogP contribution in [0.15, 0.2) is 28.7 Å². The fourth-order valence-corrected chi connectivity index (χ4v) is 2.71. The normalized spacial score (nSPS) is 18.6. The lowest BCUT2D eigenvalue weighted by atomic mass is 10.1. The smallest absolute Gasteiger partial charge is 0.307 e. The zero-order chi connectivity index (χ0) is 15.9. The molecule has 0 bridgehead atoms. The number of carbonyl (C=O) groups excluding carboxylic acids is 2. The predicted octanol–water partition coefficient (Wildman–Crippen LogP) is 1.19. The summed E-state index contributed by atoms with van der Waals surface area (Å²) in [5.41, 5.74) is 0. The van der Waals surface area contributed by atoms with Crippen LogP contribution in [-0.4, -0.2) is 56.2 Å². The SMILES string of the molecule is COC(=O)C[C@H]1C(=O)NCCN1CCOc1cccc(Br)c1. The van der Waals surface area contributed by atoms with Gasteiger partial charge in [-0.25, -0.2) is 0 Å². The first-order valence-corrected chi connectivity index (χ1v) is 7.86. The Kier molecular flexibility index (Phi) is 6.21. The van der Waals surface area contributed by atoms with Crippen molar-refractivity contribution in [1.29, 1.82) is 0 Å². The van der Waals surface area contributed by atoms with E-state index >= 15 is 0 Å². The van der Waals surface area contributed by atoms with Crippen molar-refractivity contribution in [3.05, 3.63) is 28.7 Å². The van der Waals surface area contributed by atoms with Crippen molar-refractivity contribution in [2.45, 2.75) is 12.5 Å². The van der Waals surface area contributed by atoms with Gasteiger partial charge in [0.15, 0.2) is 0 Å². The van der Waals surface area contributed by atoms with Crippen LogP contribution in [0.4, 0.5) is 0 Å². The molecule has 1 N–H and O–H groups in total. The molecule has 1 fully saturated rings. The Bertz CT molecular complexity index is 538. The Labute approximate surface area is 137 Å².